The maximum Gasteiger partial charge on any atom is 0.172 e. The number of pyridine rings is 1. The topological polar surface area (TPSA) is 30.7 Å². The van der Waals surface area contributed by atoms with Gasteiger partial charge in [0.1, 0.15) is 0 Å². The summed E-state index contributed by atoms with van der Waals surface area (Å²) < 4.78 is 2.03. The van der Waals surface area contributed by atoms with Crippen molar-refractivity contribution >= 4 is 23.4 Å². The van der Waals surface area contributed by atoms with E-state index in [-0.39, 0.29) is 0 Å². The fourth-order valence-corrected chi connectivity index (χ4v) is 2.91. The molecule has 3 aromatic rings. The lowest BCUT2D eigenvalue weighted by atomic mass is 10.3. The number of hydrogen-bond acceptors (Lipinski definition) is 3. The van der Waals surface area contributed by atoms with Gasteiger partial charge in [-0.1, -0.05) is 35.5 Å². The number of thioether (sulfide) groups is 1. The van der Waals surface area contributed by atoms with Crippen LogP contribution in [0.15, 0.2) is 66.2 Å². The first kappa shape index (κ1) is 13.2. The van der Waals surface area contributed by atoms with E-state index in [0.29, 0.717) is 0 Å². The summed E-state index contributed by atoms with van der Waals surface area (Å²) in [6.07, 6.45) is 5.54. The molecule has 20 heavy (non-hydrogen) atoms. The lowest BCUT2D eigenvalue weighted by molar-refractivity contribution is 0.894. The number of halogens is 1. The average Bonchev–Trinajstić information content (AvgIpc) is 2.95. The Labute approximate surface area is 126 Å². The van der Waals surface area contributed by atoms with Crippen molar-refractivity contribution in [2.24, 2.45) is 0 Å². The van der Waals surface area contributed by atoms with Gasteiger partial charge in [0.2, 0.25) is 0 Å². The number of nitrogens with zero attached hydrogens (tertiary/aromatic N) is 3. The predicted molar refractivity (Wildman–Crippen MR) is 82.4 cm³/mol. The Morgan fingerprint density at radius 3 is 2.80 bits per heavy atom. The molecule has 100 valence electrons. The first-order valence-corrected chi connectivity index (χ1v) is 7.51. The Balaban J connectivity index is 1.80. The van der Waals surface area contributed by atoms with Gasteiger partial charge in [-0.3, -0.25) is 9.55 Å². The zero-order valence-corrected chi connectivity index (χ0v) is 12.2. The average molecular weight is 302 g/mol. The van der Waals surface area contributed by atoms with Gasteiger partial charge in [-0.2, -0.15) is 0 Å². The highest BCUT2D eigenvalue weighted by atomic mass is 35.5. The quantitative estimate of drug-likeness (QED) is 0.676. The zero-order valence-electron chi connectivity index (χ0n) is 10.6. The summed E-state index contributed by atoms with van der Waals surface area (Å²) in [4.78, 5) is 8.71. The maximum atomic E-state index is 6.04. The van der Waals surface area contributed by atoms with Crippen molar-refractivity contribution in [3.05, 3.63) is 71.8 Å². The minimum absolute atomic E-state index is 0.719. The molecule has 0 aliphatic rings. The molecule has 0 amide bonds. The third-order valence-corrected chi connectivity index (χ3v) is 4.00. The van der Waals surface area contributed by atoms with Crippen molar-refractivity contribution in [3.8, 4) is 5.69 Å². The minimum Gasteiger partial charge on any atom is -0.295 e. The van der Waals surface area contributed by atoms with Gasteiger partial charge in [-0.15, -0.1) is 0 Å². The van der Waals surface area contributed by atoms with Gasteiger partial charge in [-0.25, -0.2) is 4.98 Å². The van der Waals surface area contributed by atoms with Crippen molar-refractivity contribution in [3.63, 3.8) is 0 Å². The van der Waals surface area contributed by atoms with E-state index in [1.54, 1.807) is 24.2 Å². The Morgan fingerprint density at radius 2 is 2.00 bits per heavy atom. The maximum absolute atomic E-state index is 6.04. The Morgan fingerprint density at radius 1 is 1.05 bits per heavy atom. The standard InChI is InChI=1S/C15H12ClN3S/c16-12-4-3-6-14(10-12)19-9-8-18-15(19)20-11-13-5-1-2-7-17-13/h1-10H,11H2. The highest BCUT2D eigenvalue weighted by Gasteiger charge is 2.06. The normalized spacial score (nSPS) is 10.7. The van der Waals surface area contributed by atoms with Crippen LogP contribution < -0.4 is 0 Å². The van der Waals surface area contributed by atoms with Gasteiger partial charge >= 0.3 is 0 Å². The summed E-state index contributed by atoms with van der Waals surface area (Å²) in [5.74, 6) is 0.790. The molecule has 0 aliphatic carbocycles. The second-order valence-electron chi connectivity index (χ2n) is 4.17. The van der Waals surface area contributed by atoms with Crippen molar-refractivity contribution in [2.75, 3.05) is 0 Å². The van der Waals surface area contributed by atoms with Crippen LogP contribution in [-0.2, 0) is 5.75 Å². The van der Waals surface area contributed by atoms with E-state index in [4.69, 9.17) is 11.6 Å². The molecule has 5 heteroatoms. The Hall–Kier alpha value is -1.78. The molecule has 0 radical (unpaired) electrons. The van der Waals surface area contributed by atoms with Crippen molar-refractivity contribution < 1.29 is 0 Å². The number of rotatable bonds is 4. The van der Waals surface area contributed by atoms with Crippen LogP contribution in [0, 0.1) is 0 Å². The lowest BCUT2D eigenvalue weighted by Crippen LogP contribution is -1.95. The van der Waals surface area contributed by atoms with Gasteiger partial charge in [0.15, 0.2) is 5.16 Å². The largest absolute Gasteiger partial charge is 0.295 e. The van der Waals surface area contributed by atoms with Crippen LogP contribution in [0.3, 0.4) is 0 Å². The van der Waals surface area contributed by atoms with Crippen LogP contribution in [0.25, 0.3) is 5.69 Å². The molecule has 0 aliphatic heterocycles. The van der Waals surface area contributed by atoms with Crippen molar-refractivity contribution in [2.45, 2.75) is 10.9 Å². The molecular weight excluding hydrogens is 290 g/mol. The van der Waals surface area contributed by atoms with Crippen LogP contribution in [0.2, 0.25) is 5.02 Å². The Kier molecular flexibility index (Phi) is 4.04. The molecule has 0 unspecified atom stereocenters. The molecule has 3 rings (SSSR count). The fraction of sp³-hybridized carbons (Fsp3) is 0.0667. The number of aromatic nitrogens is 3. The summed E-state index contributed by atoms with van der Waals surface area (Å²) in [6, 6.07) is 13.7. The van der Waals surface area contributed by atoms with Gasteiger partial charge < -0.3 is 0 Å². The van der Waals surface area contributed by atoms with E-state index in [0.717, 1.165) is 27.3 Å². The van der Waals surface area contributed by atoms with Crippen LogP contribution in [-0.4, -0.2) is 14.5 Å². The van der Waals surface area contributed by atoms with E-state index in [1.807, 2.05) is 53.2 Å². The highest BCUT2D eigenvalue weighted by Crippen LogP contribution is 2.24. The monoisotopic (exact) mass is 301 g/mol. The molecule has 0 saturated heterocycles. The smallest absolute Gasteiger partial charge is 0.172 e. The Bertz CT molecular complexity index is 697. The third-order valence-electron chi connectivity index (χ3n) is 2.77. The SMILES string of the molecule is Clc1cccc(-n2ccnc2SCc2ccccn2)c1. The van der Waals surface area contributed by atoms with Crippen molar-refractivity contribution in [1.82, 2.24) is 14.5 Å². The van der Waals surface area contributed by atoms with Crippen LogP contribution in [0.5, 0.6) is 0 Å². The molecule has 0 spiro atoms. The highest BCUT2D eigenvalue weighted by molar-refractivity contribution is 7.98. The summed E-state index contributed by atoms with van der Waals surface area (Å²) >= 11 is 7.69. The van der Waals surface area contributed by atoms with Crippen LogP contribution in [0.1, 0.15) is 5.69 Å². The summed E-state index contributed by atoms with van der Waals surface area (Å²) in [6.45, 7) is 0. The van der Waals surface area contributed by atoms with E-state index >= 15 is 0 Å². The van der Waals surface area contributed by atoms with E-state index in [2.05, 4.69) is 9.97 Å². The zero-order chi connectivity index (χ0) is 13.8. The molecule has 0 N–H and O–H groups in total. The first-order valence-electron chi connectivity index (χ1n) is 6.15. The van der Waals surface area contributed by atoms with Gasteiger partial charge in [0, 0.05) is 35.1 Å². The van der Waals surface area contributed by atoms with Crippen LogP contribution in [0.4, 0.5) is 0 Å². The fourth-order valence-electron chi connectivity index (χ4n) is 1.84. The molecule has 3 nitrogen and oxygen atoms in total. The van der Waals surface area contributed by atoms with Crippen LogP contribution >= 0.6 is 23.4 Å². The molecule has 0 saturated carbocycles. The molecule has 2 aromatic heterocycles. The van der Waals surface area contributed by atoms with E-state index in [1.165, 1.54) is 0 Å². The van der Waals surface area contributed by atoms with Gasteiger partial charge in [0.05, 0.1) is 5.69 Å². The second-order valence-corrected chi connectivity index (χ2v) is 5.55. The predicted octanol–water partition coefficient (Wildman–Crippen LogP) is 4.21. The molecule has 1 aromatic carbocycles. The molecule has 0 bridgehead atoms. The molecular formula is C15H12ClN3S. The number of imidazole rings is 1. The molecule has 2 heterocycles. The molecule has 0 atom stereocenters. The first-order chi connectivity index (χ1) is 9.83. The van der Waals surface area contributed by atoms with E-state index in [9.17, 15) is 0 Å². The summed E-state index contributed by atoms with van der Waals surface area (Å²) in [7, 11) is 0. The summed E-state index contributed by atoms with van der Waals surface area (Å²) in [5.41, 5.74) is 2.05. The second kappa shape index (κ2) is 6.11. The number of benzene rings is 1. The lowest BCUT2D eigenvalue weighted by Gasteiger charge is -2.07. The van der Waals surface area contributed by atoms with Gasteiger partial charge in [-0.05, 0) is 30.3 Å². The molecule has 0 fully saturated rings. The van der Waals surface area contributed by atoms with E-state index < -0.39 is 0 Å². The van der Waals surface area contributed by atoms with Gasteiger partial charge in [0.25, 0.3) is 0 Å². The number of hydrogen-bond donors (Lipinski definition) is 0. The minimum atomic E-state index is 0.719. The van der Waals surface area contributed by atoms with Crippen molar-refractivity contribution in [1.29, 1.82) is 0 Å². The third kappa shape index (κ3) is 3.03. The summed E-state index contributed by atoms with van der Waals surface area (Å²) in [5, 5.41) is 1.65.